The van der Waals surface area contributed by atoms with E-state index in [1.807, 2.05) is 60.9 Å². The van der Waals surface area contributed by atoms with E-state index >= 15 is 0 Å². The van der Waals surface area contributed by atoms with Crippen LogP contribution in [0.1, 0.15) is 25.3 Å². The molecule has 0 atom stereocenters. The lowest BCUT2D eigenvalue weighted by atomic mass is 10.1. The van der Waals surface area contributed by atoms with Crippen LogP contribution in [0.3, 0.4) is 0 Å². The average Bonchev–Trinajstić information content (AvgIpc) is 3.39. The van der Waals surface area contributed by atoms with Crippen molar-refractivity contribution in [3.63, 3.8) is 0 Å². The van der Waals surface area contributed by atoms with Crippen LogP contribution in [0.5, 0.6) is 5.75 Å². The third kappa shape index (κ3) is 4.64. The minimum Gasteiger partial charge on any atom is -0.494 e. The Balaban J connectivity index is 1.66. The summed E-state index contributed by atoms with van der Waals surface area (Å²) < 4.78 is 7.50. The maximum absolute atomic E-state index is 12.5. The first-order valence-corrected chi connectivity index (χ1v) is 11.3. The molecule has 0 saturated carbocycles. The maximum Gasteiger partial charge on any atom is 0.239 e. The number of ether oxygens (including phenoxy) is 1. The molecule has 0 bridgehead atoms. The Morgan fingerprint density at radius 3 is 2.65 bits per heavy atom. The van der Waals surface area contributed by atoms with E-state index in [0.717, 1.165) is 29.0 Å². The highest BCUT2D eigenvalue weighted by atomic mass is 32.2. The summed E-state index contributed by atoms with van der Waals surface area (Å²) in [6.45, 7) is 5.07. The molecule has 0 aliphatic carbocycles. The van der Waals surface area contributed by atoms with Gasteiger partial charge in [-0.25, -0.2) is 0 Å². The molecule has 7 nitrogen and oxygen atoms in total. The zero-order valence-electron chi connectivity index (χ0n) is 17.6. The molecule has 160 valence electrons. The Hall–Kier alpha value is -3.13. The fourth-order valence-electron chi connectivity index (χ4n) is 3.54. The number of aromatic nitrogens is 3. The smallest absolute Gasteiger partial charge is 0.239 e. The predicted octanol–water partition coefficient (Wildman–Crippen LogP) is 3.88. The number of rotatable bonds is 7. The Kier molecular flexibility index (Phi) is 6.36. The number of carbonyl (C=O) groups is 2. The summed E-state index contributed by atoms with van der Waals surface area (Å²) in [4.78, 5) is 25.7. The van der Waals surface area contributed by atoms with Gasteiger partial charge >= 0.3 is 0 Å². The number of imide groups is 1. The monoisotopic (exact) mass is 436 g/mol. The quantitative estimate of drug-likeness (QED) is 0.523. The molecule has 1 aliphatic rings. The van der Waals surface area contributed by atoms with Gasteiger partial charge in [0.25, 0.3) is 0 Å². The highest BCUT2D eigenvalue weighted by Gasteiger charge is 2.27. The number of likely N-dealkylation sites (tertiary alicyclic amines) is 1. The van der Waals surface area contributed by atoms with Crippen LogP contribution in [-0.2, 0) is 9.59 Å². The Labute approximate surface area is 185 Å². The van der Waals surface area contributed by atoms with Gasteiger partial charge in [-0.15, -0.1) is 10.2 Å². The molecule has 2 aromatic carbocycles. The minimum atomic E-state index is -0.189. The maximum atomic E-state index is 12.5. The van der Waals surface area contributed by atoms with Crippen molar-refractivity contribution in [2.45, 2.75) is 31.8 Å². The molecule has 1 fully saturated rings. The molecule has 8 heteroatoms. The van der Waals surface area contributed by atoms with Gasteiger partial charge in [0.15, 0.2) is 11.0 Å². The van der Waals surface area contributed by atoms with Gasteiger partial charge in [-0.1, -0.05) is 35.5 Å². The lowest BCUT2D eigenvalue weighted by Gasteiger charge is -2.14. The van der Waals surface area contributed by atoms with E-state index in [1.54, 1.807) is 0 Å². The summed E-state index contributed by atoms with van der Waals surface area (Å²) in [7, 11) is 0. The van der Waals surface area contributed by atoms with E-state index in [2.05, 4.69) is 16.3 Å². The highest BCUT2D eigenvalue weighted by Crippen LogP contribution is 2.29. The largest absolute Gasteiger partial charge is 0.494 e. The molecule has 4 rings (SSSR count). The fourth-order valence-corrected chi connectivity index (χ4v) is 4.37. The van der Waals surface area contributed by atoms with Gasteiger partial charge in [-0.05, 0) is 50.6 Å². The standard InChI is InChI=1S/C23H24N4O3S/c1-3-30-19-11-9-18(10-12-19)27-22(17-7-4-6-16(2)14-17)24-25-23(27)31-15-21(29)26-13-5-8-20(26)28/h4,6-7,9-12,14H,3,5,8,13,15H2,1-2H3. The first-order chi connectivity index (χ1) is 15.1. The summed E-state index contributed by atoms with van der Waals surface area (Å²) in [6, 6.07) is 15.8. The Bertz CT molecular complexity index is 1090. The zero-order valence-corrected chi connectivity index (χ0v) is 18.4. The van der Waals surface area contributed by atoms with Crippen molar-refractivity contribution < 1.29 is 14.3 Å². The molecule has 31 heavy (non-hydrogen) atoms. The second kappa shape index (κ2) is 9.34. The second-order valence-electron chi connectivity index (χ2n) is 7.27. The molecule has 1 saturated heterocycles. The molecule has 0 spiro atoms. The lowest BCUT2D eigenvalue weighted by Crippen LogP contribution is -2.33. The van der Waals surface area contributed by atoms with Crippen molar-refractivity contribution in [3.8, 4) is 22.8 Å². The van der Waals surface area contributed by atoms with E-state index in [1.165, 1.54) is 16.7 Å². The normalized spacial score (nSPS) is 13.6. The molecular weight excluding hydrogens is 412 g/mol. The molecule has 2 heterocycles. The molecule has 2 amide bonds. The summed E-state index contributed by atoms with van der Waals surface area (Å²) in [5.74, 6) is 1.33. The number of carbonyl (C=O) groups excluding carboxylic acids is 2. The molecule has 1 aromatic heterocycles. The summed E-state index contributed by atoms with van der Waals surface area (Å²) in [6.07, 6.45) is 1.17. The molecule has 0 radical (unpaired) electrons. The molecular formula is C23H24N4O3S. The van der Waals surface area contributed by atoms with Crippen LogP contribution in [0.25, 0.3) is 17.1 Å². The van der Waals surface area contributed by atoms with Crippen molar-refractivity contribution in [2.24, 2.45) is 0 Å². The number of benzene rings is 2. The van der Waals surface area contributed by atoms with Crippen molar-refractivity contribution in [3.05, 3.63) is 54.1 Å². The summed E-state index contributed by atoms with van der Waals surface area (Å²) >= 11 is 1.29. The fraction of sp³-hybridized carbons (Fsp3) is 0.304. The van der Waals surface area contributed by atoms with Gasteiger partial charge in [-0.3, -0.25) is 19.1 Å². The van der Waals surface area contributed by atoms with Crippen molar-refractivity contribution in [1.82, 2.24) is 19.7 Å². The van der Waals surface area contributed by atoms with Crippen LogP contribution in [0.4, 0.5) is 0 Å². The van der Waals surface area contributed by atoms with Crippen molar-refractivity contribution in [1.29, 1.82) is 0 Å². The third-order valence-electron chi connectivity index (χ3n) is 5.01. The van der Waals surface area contributed by atoms with Crippen LogP contribution < -0.4 is 4.74 Å². The van der Waals surface area contributed by atoms with E-state index < -0.39 is 0 Å². The van der Waals surface area contributed by atoms with Gasteiger partial charge in [0.1, 0.15) is 5.75 Å². The molecule has 0 unspecified atom stereocenters. The molecule has 3 aromatic rings. The molecule has 1 aliphatic heterocycles. The SMILES string of the molecule is CCOc1ccc(-n2c(SCC(=O)N3CCCC3=O)nnc2-c2cccc(C)c2)cc1. The number of aryl methyl sites for hydroxylation is 1. The number of hydrogen-bond donors (Lipinski definition) is 0. The topological polar surface area (TPSA) is 77.3 Å². The van der Waals surface area contributed by atoms with E-state index in [-0.39, 0.29) is 17.6 Å². The number of amides is 2. The number of nitrogens with zero attached hydrogens (tertiary/aromatic N) is 4. The first kappa shape index (κ1) is 21.1. The van der Waals surface area contributed by atoms with Crippen LogP contribution in [-0.4, -0.2) is 50.4 Å². The van der Waals surface area contributed by atoms with E-state index in [4.69, 9.17) is 4.74 Å². The van der Waals surface area contributed by atoms with Gasteiger partial charge < -0.3 is 4.74 Å². The zero-order chi connectivity index (χ0) is 21.8. The van der Waals surface area contributed by atoms with Gasteiger partial charge in [0.05, 0.1) is 12.4 Å². The summed E-state index contributed by atoms with van der Waals surface area (Å²) in [5, 5.41) is 9.38. The van der Waals surface area contributed by atoms with Crippen LogP contribution >= 0.6 is 11.8 Å². The van der Waals surface area contributed by atoms with Crippen molar-refractivity contribution in [2.75, 3.05) is 18.9 Å². The first-order valence-electron chi connectivity index (χ1n) is 10.3. The lowest BCUT2D eigenvalue weighted by molar-refractivity contribution is -0.140. The van der Waals surface area contributed by atoms with Crippen molar-refractivity contribution >= 4 is 23.6 Å². The third-order valence-corrected chi connectivity index (χ3v) is 5.93. The summed E-state index contributed by atoms with van der Waals surface area (Å²) in [5.41, 5.74) is 2.93. The average molecular weight is 437 g/mol. The van der Waals surface area contributed by atoms with Crippen LogP contribution in [0, 0.1) is 6.92 Å². The van der Waals surface area contributed by atoms with Gasteiger partial charge in [0, 0.05) is 24.2 Å². The minimum absolute atomic E-state index is 0.0981. The van der Waals surface area contributed by atoms with Gasteiger partial charge in [-0.2, -0.15) is 0 Å². The highest BCUT2D eigenvalue weighted by molar-refractivity contribution is 7.99. The van der Waals surface area contributed by atoms with Crippen LogP contribution in [0.15, 0.2) is 53.7 Å². The van der Waals surface area contributed by atoms with E-state index in [0.29, 0.717) is 30.6 Å². The Morgan fingerprint density at radius 1 is 1.16 bits per heavy atom. The second-order valence-corrected chi connectivity index (χ2v) is 8.21. The van der Waals surface area contributed by atoms with Gasteiger partial charge in [0.2, 0.25) is 11.8 Å². The predicted molar refractivity (Wildman–Crippen MR) is 119 cm³/mol. The van der Waals surface area contributed by atoms with Crippen LogP contribution in [0.2, 0.25) is 0 Å². The molecule has 0 N–H and O–H groups in total. The van der Waals surface area contributed by atoms with E-state index in [9.17, 15) is 9.59 Å². The Morgan fingerprint density at radius 2 is 1.97 bits per heavy atom. The number of hydrogen-bond acceptors (Lipinski definition) is 6. The number of thioether (sulfide) groups is 1.